The van der Waals surface area contributed by atoms with Gasteiger partial charge in [-0.1, -0.05) is 20.8 Å². The molecule has 0 aromatic carbocycles. The number of nitrogens with one attached hydrogen (secondary N) is 1. The van der Waals surface area contributed by atoms with Crippen molar-refractivity contribution in [3.05, 3.63) is 11.4 Å². The highest BCUT2D eigenvalue weighted by atomic mass is 15.3. The van der Waals surface area contributed by atoms with Crippen LogP contribution in [0.2, 0.25) is 0 Å². The van der Waals surface area contributed by atoms with Crippen molar-refractivity contribution in [2.45, 2.75) is 46.5 Å². The maximum atomic E-state index is 4.26. The maximum absolute atomic E-state index is 4.26. The van der Waals surface area contributed by atoms with Crippen LogP contribution in [0, 0.1) is 23.2 Å². The molecule has 0 radical (unpaired) electrons. The van der Waals surface area contributed by atoms with Crippen molar-refractivity contribution in [2.75, 3.05) is 0 Å². The second-order valence-corrected chi connectivity index (χ2v) is 6.51. The minimum atomic E-state index is 0.483. The molecule has 1 aromatic heterocycles. The fourth-order valence-electron chi connectivity index (χ4n) is 3.80. The van der Waals surface area contributed by atoms with Gasteiger partial charge in [0.05, 0.1) is 11.4 Å². The predicted molar refractivity (Wildman–Crippen MR) is 62.9 cm³/mol. The first-order chi connectivity index (χ1) is 7.57. The minimum Gasteiger partial charge on any atom is -0.197 e. The summed E-state index contributed by atoms with van der Waals surface area (Å²) < 4.78 is 0. The first kappa shape index (κ1) is 10.3. The van der Waals surface area contributed by atoms with Gasteiger partial charge in [-0.2, -0.15) is 15.4 Å². The molecule has 0 amide bonds. The van der Waals surface area contributed by atoms with Crippen molar-refractivity contribution < 1.29 is 0 Å². The van der Waals surface area contributed by atoms with E-state index >= 15 is 0 Å². The second-order valence-electron chi connectivity index (χ2n) is 6.51. The maximum Gasteiger partial charge on any atom is 0.0856 e. The third-order valence-corrected chi connectivity index (χ3v) is 4.46. The quantitative estimate of drug-likeness (QED) is 0.728. The highest BCUT2D eigenvalue weighted by molar-refractivity contribution is 5.14. The number of nitrogens with zero attached hydrogens (tertiary/aromatic N) is 2. The van der Waals surface area contributed by atoms with Crippen molar-refractivity contribution in [1.29, 1.82) is 0 Å². The van der Waals surface area contributed by atoms with Crippen molar-refractivity contribution in [1.82, 2.24) is 15.4 Å². The van der Waals surface area contributed by atoms with E-state index in [1.165, 1.54) is 24.2 Å². The monoisotopic (exact) mass is 219 g/mol. The summed E-state index contributed by atoms with van der Waals surface area (Å²) in [5.41, 5.74) is 2.92. The molecule has 1 N–H and O–H groups in total. The Balaban J connectivity index is 1.76. The Bertz CT molecular complexity index is 360. The summed E-state index contributed by atoms with van der Waals surface area (Å²) in [6.07, 6.45) is 4.87. The molecule has 1 fully saturated rings. The Morgan fingerprint density at radius 2 is 1.50 bits per heavy atom. The van der Waals surface area contributed by atoms with E-state index < -0.39 is 0 Å². The summed E-state index contributed by atoms with van der Waals surface area (Å²) in [5.74, 6) is 2.83. The van der Waals surface area contributed by atoms with E-state index in [0.717, 1.165) is 30.6 Å². The standard InChI is InChI=1S/C13H21N3/c1-13(2,3)12-8-4-6-10-11(15-16-14-10)7-5-9(8)12/h8-9,12H,4-7H2,1-3H3,(H,14,15,16)/t8-,9+,12?. The number of aromatic nitrogens is 3. The minimum absolute atomic E-state index is 0.483. The molecule has 1 heterocycles. The van der Waals surface area contributed by atoms with Gasteiger partial charge in [-0.15, -0.1) is 0 Å². The molecule has 16 heavy (non-hydrogen) atoms. The van der Waals surface area contributed by atoms with Crippen LogP contribution >= 0.6 is 0 Å². The van der Waals surface area contributed by atoms with Gasteiger partial charge in [-0.05, 0) is 48.9 Å². The highest BCUT2D eigenvalue weighted by Gasteiger charge is 2.54. The zero-order valence-electron chi connectivity index (χ0n) is 10.5. The van der Waals surface area contributed by atoms with E-state index in [1.807, 2.05) is 0 Å². The van der Waals surface area contributed by atoms with Crippen molar-refractivity contribution >= 4 is 0 Å². The van der Waals surface area contributed by atoms with Crippen LogP contribution in [0.1, 0.15) is 45.0 Å². The Morgan fingerprint density at radius 1 is 1.00 bits per heavy atom. The topological polar surface area (TPSA) is 41.6 Å². The lowest BCUT2D eigenvalue weighted by molar-refractivity contribution is 0.313. The van der Waals surface area contributed by atoms with E-state index in [9.17, 15) is 0 Å². The molecule has 2 aliphatic rings. The van der Waals surface area contributed by atoms with Crippen LogP contribution in [0.4, 0.5) is 0 Å². The smallest absolute Gasteiger partial charge is 0.0856 e. The zero-order chi connectivity index (χ0) is 11.3. The van der Waals surface area contributed by atoms with Gasteiger partial charge in [-0.25, -0.2) is 0 Å². The van der Waals surface area contributed by atoms with Gasteiger partial charge in [0.1, 0.15) is 0 Å². The fourth-order valence-corrected chi connectivity index (χ4v) is 3.80. The first-order valence-electron chi connectivity index (χ1n) is 6.46. The molecule has 0 bridgehead atoms. The number of aromatic amines is 1. The average molecular weight is 219 g/mol. The third kappa shape index (κ3) is 1.57. The van der Waals surface area contributed by atoms with E-state index in [4.69, 9.17) is 0 Å². The van der Waals surface area contributed by atoms with Crippen molar-refractivity contribution in [3.8, 4) is 0 Å². The van der Waals surface area contributed by atoms with Gasteiger partial charge in [0.15, 0.2) is 0 Å². The van der Waals surface area contributed by atoms with Gasteiger partial charge in [0, 0.05) is 0 Å². The number of hydrogen-bond acceptors (Lipinski definition) is 2. The first-order valence-corrected chi connectivity index (χ1v) is 6.46. The van der Waals surface area contributed by atoms with E-state index in [1.54, 1.807) is 0 Å². The number of hydrogen-bond donors (Lipinski definition) is 1. The van der Waals surface area contributed by atoms with Crippen LogP contribution in [0.15, 0.2) is 0 Å². The van der Waals surface area contributed by atoms with Crippen LogP contribution in [-0.4, -0.2) is 15.4 Å². The SMILES string of the molecule is CC(C)(C)C1[C@H]2CCc3n[nH]nc3CC[C@@H]12. The van der Waals surface area contributed by atoms with Gasteiger partial charge >= 0.3 is 0 Å². The Hall–Kier alpha value is -0.860. The van der Waals surface area contributed by atoms with E-state index in [0.29, 0.717) is 5.41 Å². The molecule has 0 aliphatic heterocycles. The van der Waals surface area contributed by atoms with Crippen molar-refractivity contribution in [3.63, 3.8) is 0 Å². The Labute approximate surface area is 97.0 Å². The number of fused-ring (bicyclic) bond motifs is 2. The normalized spacial score (nSPS) is 33.6. The summed E-state index contributed by atoms with van der Waals surface area (Å²) in [4.78, 5) is 0. The van der Waals surface area contributed by atoms with Gasteiger partial charge < -0.3 is 0 Å². The van der Waals surface area contributed by atoms with Crippen LogP contribution in [-0.2, 0) is 12.8 Å². The van der Waals surface area contributed by atoms with Gasteiger partial charge in [0.25, 0.3) is 0 Å². The van der Waals surface area contributed by atoms with Gasteiger partial charge in [0.2, 0.25) is 0 Å². The predicted octanol–water partition coefficient (Wildman–Crippen LogP) is 2.59. The largest absolute Gasteiger partial charge is 0.197 e. The lowest BCUT2D eigenvalue weighted by Crippen LogP contribution is -2.10. The number of aryl methyl sites for hydroxylation is 2. The molecule has 2 aliphatic carbocycles. The molecular formula is C13H21N3. The molecule has 0 spiro atoms. The summed E-state index contributed by atoms with van der Waals surface area (Å²) >= 11 is 0. The number of rotatable bonds is 0. The zero-order valence-corrected chi connectivity index (χ0v) is 10.5. The molecule has 3 nitrogen and oxygen atoms in total. The molecule has 1 unspecified atom stereocenters. The van der Waals surface area contributed by atoms with Gasteiger partial charge in [-0.3, -0.25) is 0 Å². The van der Waals surface area contributed by atoms with E-state index in [-0.39, 0.29) is 0 Å². The lowest BCUT2D eigenvalue weighted by atomic mass is 9.87. The molecule has 3 atom stereocenters. The second kappa shape index (κ2) is 3.31. The Kier molecular flexibility index (Phi) is 2.13. The molecule has 1 saturated carbocycles. The average Bonchev–Trinajstić information content (AvgIpc) is 2.69. The van der Waals surface area contributed by atoms with Crippen LogP contribution in [0.5, 0.6) is 0 Å². The number of H-pyrrole nitrogens is 1. The van der Waals surface area contributed by atoms with Crippen molar-refractivity contribution in [2.24, 2.45) is 23.2 Å². The third-order valence-electron chi connectivity index (χ3n) is 4.46. The highest BCUT2D eigenvalue weighted by Crippen LogP contribution is 2.60. The molecule has 3 rings (SSSR count). The summed E-state index contributed by atoms with van der Waals surface area (Å²) in [5, 5.41) is 11.3. The van der Waals surface area contributed by atoms with Crippen LogP contribution < -0.4 is 0 Å². The van der Waals surface area contributed by atoms with E-state index in [2.05, 4.69) is 36.2 Å². The molecule has 88 valence electrons. The molecule has 1 aromatic rings. The molecule has 3 heteroatoms. The fraction of sp³-hybridized carbons (Fsp3) is 0.846. The van der Waals surface area contributed by atoms with Crippen LogP contribution in [0.25, 0.3) is 0 Å². The summed E-state index contributed by atoms with van der Waals surface area (Å²) in [6, 6.07) is 0. The Morgan fingerprint density at radius 3 is 1.94 bits per heavy atom. The lowest BCUT2D eigenvalue weighted by Gasteiger charge is -2.18. The van der Waals surface area contributed by atoms with Crippen LogP contribution in [0.3, 0.4) is 0 Å². The molecule has 0 saturated heterocycles. The molecular weight excluding hydrogens is 198 g/mol. The summed E-state index contributed by atoms with van der Waals surface area (Å²) in [6.45, 7) is 7.17. The summed E-state index contributed by atoms with van der Waals surface area (Å²) in [7, 11) is 0.